The van der Waals surface area contributed by atoms with Gasteiger partial charge in [0.25, 0.3) is 0 Å². The maximum absolute atomic E-state index is 11.9. The highest BCUT2D eigenvalue weighted by atomic mass is 35.5. The quantitative estimate of drug-likeness (QED) is 0.798. The van der Waals surface area contributed by atoms with Gasteiger partial charge >= 0.3 is 0 Å². The predicted octanol–water partition coefficient (Wildman–Crippen LogP) is 4.00. The van der Waals surface area contributed by atoms with E-state index in [9.17, 15) is 4.79 Å². The van der Waals surface area contributed by atoms with Crippen molar-refractivity contribution in [2.75, 3.05) is 0 Å². The monoisotopic (exact) mass is 293 g/mol. The van der Waals surface area contributed by atoms with Gasteiger partial charge in [0, 0.05) is 17.4 Å². The van der Waals surface area contributed by atoms with Crippen molar-refractivity contribution in [2.45, 2.75) is 18.8 Å². The first-order valence-corrected chi connectivity index (χ1v) is 6.63. The van der Waals surface area contributed by atoms with Crippen LogP contribution in [0.5, 0.6) is 0 Å². The van der Waals surface area contributed by atoms with Crippen molar-refractivity contribution in [1.82, 2.24) is 4.98 Å². The highest BCUT2D eigenvalue weighted by Gasteiger charge is 2.35. The number of pyridine rings is 1. The smallest absolute Gasteiger partial charge is 0.232 e. The van der Waals surface area contributed by atoms with Crippen LogP contribution in [0.25, 0.3) is 0 Å². The minimum Gasteiger partial charge on any atom is -0.280 e. The molecule has 0 saturated heterocycles. The van der Waals surface area contributed by atoms with Gasteiger partial charge in [0.1, 0.15) is 0 Å². The van der Waals surface area contributed by atoms with E-state index in [0.29, 0.717) is 11.4 Å². The van der Waals surface area contributed by atoms with Crippen molar-refractivity contribution in [3.05, 3.63) is 64.9 Å². The molecule has 1 unspecified atom stereocenters. The highest BCUT2D eigenvalue weighted by Crippen LogP contribution is 2.35. The number of carbonyl (C=O) groups is 1. The maximum Gasteiger partial charge on any atom is 0.232 e. The van der Waals surface area contributed by atoms with Crippen LogP contribution in [0.15, 0.2) is 48.8 Å². The van der Waals surface area contributed by atoms with Crippen LogP contribution in [-0.2, 0) is 16.6 Å². The third-order valence-corrected chi connectivity index (χ3v) is 3.93. The van der Waals surface area contributed by atoms with Crippen molar-refractivity contribution in [3.63, 3.8) is 0 Å². The highest BCUT2D eigenvalue weighted by molar-refractivity contribution is 6.65. The molecule has 2 nitrogen and oxygen atoms in total. The summed E-state index contributed by atoms with van der Waals surface area (Å²) in [7, 11) is 0. The van der Waals surface area contributed by atoms with Crippen LogP contribution in [0.2, 0.25) is 5.02 Å². The number of aromatic nitrogens is 1. The van der Waals surface area contributed by atoms with Crippen LogP contribution < -0.4 is 0 Å². The molecule has 1 heterocycles. The molecule has 1 atom stereocenters. The van der Waals surface area contributed by atoms with Crippen LogP contribution in [0.4, 0.5) is 0 Å². The number of hydrogen-bond donors (Lipinski definition) is 0. The summed E-state index contributed by atoms with van der Waals surface area (Å²) in [6, 6.07) is 11.0. The summed E-state index contributed by atoms with van der Waals surface area (Å²) < 4.78 is 0. The molecule has 98 valence electrons. The molecule has 0 radical (unpaired) electrons. The number of rotatable bonds is 4. The number of halogens is 2. The second-order valence-electron chi connectivity index (χ2n) is 4.62. The molecule has 2 rings (SSSR count). The summed E-state index contributed by atoms with van der Waals surface area (Å²) in [5.41, 5.74) is 0.822. The molecule has 0 saturated carbocycles. The zero-order chi connectivity index (χ0) is 13.9. The third-order valence-electron chi connectivity index (χ3n) is 3.18. The lowest BCUT2D eigenvalue weighted by Gasteiger charge is -2.27. The first kappa shape index (κ1) is 14.0. The largest absolute Gasteiger partial charge is 0.280 e. The fraction of sp³-hybridized carbons (Fsp3) is 0.200. The number of carbonyl (C=O) groups excluding carboxylic acids is 1. The Morgan fingerprint density at radius 3 is 2.58 bits per heavy atom. The lowest BCUT2D eigenvalue weighted by atomic mass is 9.78. The number of nitrogens with zero attached hydrogens (tertiary/aromatic N) is 1. The molecule has 1 aromatic heterocycles. The Bertz CT molecular complexity index is 586. The summed E-state index contributed by atoms with van der Waals surface area (Å²) in [4.78, 5) is 16.0. The molecule has 0 fully saturated rings. The van der Waals surface area contributed by atoms with E-state index >= 15 is 0 Å². The van der Waals surface area contributed by atoms with Gasteiger partial charge in [-0.15, -0.1) is 0 Å². The summed E-state index contributed by atoms with van der Waals surface area (Å²) in [5, 5.41) is 0.118. The molecule has 4 heteroatoms. The Morgan fingerprint density at radius 2 is 2.00 bits per heavy atom. The SMILES string of the molecule is CC(Cc1cccnc1)(C(=O)Cl)c1ccccc1Cl. The molecule has 0 bridgehead atoms. The Hall–Kier alpha value is -1.38. The summed E-state index contributed by atoms with van der Waals surface area (Å²) in [6.07, 6.45) is 3.89. The van der Waals surface area contributed by atoms with Crippen LogP contribution in [0, 0.1) is 0 Å². The van der Waals surface area contributed by atoms with E-state index in [2.05, 4.69) is 4.98 Å². The lowest BCUT2D eigenvalue weighted by molar-refractivity contribution is -0.116. The Kier molecular flexibility index (Phi) is 4.23. The van der Waals surface area contributed by atoms with Crippen LogP contribution in [-0.4, -0.2) is 10.2 Å². The zero-order valence-electron chi connectivity index (χ0n) is 10.4. The minimum atomic E-state index is -0.858. The Balaban J connectivity index is 2.45. The van der Waals surface area contributed by atoms with Gasteiger partial charge in [0.05, 0.1) is 5.41 Å². The standard InChI is InChI=1S/C15H13Cl2NO/c1-15(14(17)19,9-11-5-4-8-18-10-11)12-6-2-3-7-13(12)16/h2-8,10H,9H2,1H3. The van der Waals surface area contributed by atoms with Crippen molar-refractivity contribution >= 4 is 28.4 Å². The molecular formula is C15H13Cl2NO. The molecule has 19 heavy (non-hydrogen) atoms. The Morgan fingerprint density at radius 1 is 1.26 bits per heavy atom. The molecule has 0 spiro atoms. The second kappa shape index (κ2) is 5.72. The van der Waals surface area contributed by atoms with Crippen molar-refractivity contribution in [1.29, 1.82) is 0 Å². The van der Waals surface area contributed by atoms with E-state index in [1.807, 2.05) is 30.3 Å². The summed E-state index contributed by atoms with van der Waals surface area (Å²) in [6.45, 7) is 1.80. The Labute approximate surface area is 122 Å². The van der Waals surface area contributed by atoms with Gasteiger partial charge in [-0.1, -0.05) is 35.9 Å². The molecule has 0 amide bonds. The molecule has 0 aliphatic carbocycles. The molecule has 1 aromatic carbocycles. The normalized spacial score (nSPS) is 13.8. The fourth-order valence-corrected chi connectivity index (χ4v) is 2.60. The minimum absolute atomic E-state index is 0.426. The predicted molar refractivity (Wildman–Crippen MR) is 77.6 cm³/mol. The van der Waals surface area contributed by atoms with E-state index in [1.165, 1.54) is 0 Å². The number of benzene rings is 1. The molecule has 0 aliphatic rings. The second-order valence-corrected chi connectivity index (χ2v) is 5.37. The molecular weight excluding hydrogens is 281 g/mol. The maximum atomic E-state index is 11.9. The van der Waals surface area contributed by atoms with Crippen molar-refractivity contribution in [3.8, 4) is 0 Å². The van der Waals surface area contributed by atoms with E-state index < -0.39 is 10.7 Å². The summed E-state index contributed by atoms with van der Waals surface area (Å²) in [5.74, 6) is 0. The average Bonchev–Trinajstić information content (AvgIpc) is 2.40. The van der Waals surface area contributed by atoms with Gasteiger partial charge in [0.15, 0.2) is 0 Å². The van der Waals surface area contributed by atoms with Crippen molar-refractivity contribution < 1.29 is 4.79 Å². The van der Waals surface area contributed by atoms with Gasteiger partial charge < -0.3 is 0 Å². The average molecular weight is 294 g/mol. The van der Waals surface area contributed by atoms with Crippen LogP contribution >= 0.6 is 23.2 Å². The first-order chi connectivity index (χ1) is 9.04. The zero-order valence-corrected chi connectivity index (χ0v) is 11.9. The van der Waals surface area contributed by atoms with Gasteiger partial charge in [-0.3, -0.25) is 9.78 Å². The van der Waals surface area contributed by atoms with Gasteiger partial charge in [-0.25, -0.2) is 0 Å². The van der Waals surface area contributed by atoms with E-state index in [-0.39, 0.29) is 0 Å². The first-order valence-electron chi connectivity index (χ1n) is 5.88. The number of hydrogen-bond acceptors (Lipinski definition) is 2. The fourth-order valence-electron chi connectivity index (χ4n) is 2.09. The van der Waals surface area contributed by atoms with Crippen LogP contribution in [0.3, 0.4) is 0 Å². The van der Waals surface area contributed by atoms with Gasteiger partial charge in [-0.05, 0) is 48.2 Å². The van der Waals surface area contributed by atoms with Gasteiger partial charge in [0.2, 0.25) is 5.24 Å². The van der Waals surface area contributed by atoms with E-state index in [1.54, 1.807) is 25.4 Å². The van der Waals surface area contributed by atoms with Crippen molar-refractivity contribution in [2.24, 2.45) is 0 Å². The molecule has 0 aliphatic heterocycles. The third kappa shape index (κ3) is 2.96. The summed E-state index contributed by atoms with van der Waals surface area (Å²) >= 11 is 12.0. The van der Waals surface area contributed by atoms with Crippen LogP contribution in [0.1, 0.15) is 18.1 Å². The lowest BCUT2D eigenvalue weighted by Crippen LogP contribution is -2.32. The topological polar surface area (TPSA) is 30.0 Å². The van der Waals surface area contributed by atoms with Gasteiger partial charge in [-0.2, -0.15) is 0 Å². The molecule has 2 aromatic rings. The van der Waals surface area contributed by atoms with E-state index in [0.717, 1.165) is 11.1 Å². The molecule has 0 N–H and O–H groups in total. The van der Waals surface area contributed by atoms with E-state index in [4.69, 9.17) is 23.2 Å².